The lowest BCUT2D eigenvalue weighted by Crippen LogP contribution is -2.47. The van der Waals surface area contributed by atoms with Gasteiger partial charge in [-0.05, 0) is 38.1 Å². The van der Waals surface area contributed by atoms with E-state index in [1.54, 1.807) is 24.3 Å². The number of thioether (sulfide) groups is 1. The molecule has 0 bridgehead atoms. The van der Waals surface area contributed by atoms with Crippen LogP contribution in [0.15, 0.2) is 24.3 Å². The summed E-state index contributed by atoms with van der Waals surface area (Å²) in [6, 6.07) is 8.83. The second-order valence-corrected chi connectivity index (χ2v) is 7.15. The molecule has 2 rings (SSSR count). The summed E-state index contributed by atoms with van der Waals surface area (Å²) >= 11 is 1.89. The van der Waals surface area contributed by atoms with E-state index in [0.717, 1.165) is 18.8 Å². The highest BCUT2D eigenvalue weighted by atomic mass is 32.2. The van der Waals surface area contributed by atoms with Crippen molar-refractivity contribution in [3.63, 3.8) is 0 Å². The number of ether oxygens (including phenoxy) is 1. The lowest BCUT2D eigenvalue weighted by molar-refractivity contribution is -0.133. The van der Waals surface area contributed by atoms with Gasteiger partial charge >= 0.3 is 0 Å². The second kappa shape index (κ2) is 6.19. The van der Waals surface area contributed by atoms with Crippen molar-refractivity contribution in [1.29, 1.82) is 5.26 Å². The molecular formula is C15H18N2O2S. The summed E-state index contributed by atoms with van der Waals surface area (Å²) in [7, 11) is 0. The van der Waals surface area contributed by atoms with Crippen molar-refractivity contribution in [1.82, 2.24) is 4.90 Å². The van der Waals surface area contributed by atoms with Crippen LogP contribution in [0.5, 0.6) is 5.75 Å². The van der Waals surface area contributed by atoms with Gasteiger partial charge in [-0.15, -0.1) is 0 Å². The van der Waals surface area contributed by atoms with E-state index in [-0.39, 0.29) is 17.3 Å². The van der Waals surface area contributed by atoms with E-state index in [1.807, 2.05) is 22.7 Å². The van der Waals surface area contributed by atoms with Crippen molar-refractivity contribution >= 4 is 17.7 Å². The lowest BCUT2D eigenvalue weighted by Gasteiger charge is -2.37. The third-order valence-corrected chi connectivity index (χ3v) is 4.42. The molecule has 0 spiro atoms. The Morgan fingerprint density at radius 1 is 1.45 bits per heavy atom. The Morgan fingerprint density at radius 2 is 2.15 bits per heavy atom. The Bertz CT molecular complexity index is 520. The van der Waals surface area contributed by atoms with Gasteiger partial charge in [0.2, 0.25) is 0 Å². The normalized spacial score (nSPS) is 17.4. The molecule has 0 N–H and O–H groups in total. The minimum absolute atomic E-state index is 0.0164. The zero-order valence-corrected chi connectivity index (χ0v) is 12.6. The monoisotopic (exact) mass is 290 g/mol. The Hall–Kier alpha value is -1.67. The number of rotatable bonds is 3. The van der Waals surface area contributed by atoms with Gasteiger partial charge in [0.05, 0.1) is 11.6 Å². The Kier molecular flexibility index (Phi) is 4.56. The molecule has 106 valence electrons. The molecule has 0 aromatic heterocycles. The molecule has 0 saturated carbocycles. The van der Waals surface area contributed by atoms with Crippen molar-refractivity contribution < 1.29 is 9.53 Å². The molecule has 0 atom stereocenters. The van der Waals surface area contributed by atoms with Gasteiger partial charge in [0.25, 0.3) is 5.91 Å². The highest BCUT2D eigenvalue weighted by Crippen LogP contribution is 2.29. The molecule has 4 nitrogen and oxygen atoms in total. The zero-order valence-electron chi connectivity index (χ0n) is 11.8. The van der Waals surface area contributed by atoms with E-state index < -0.39 is 0 Å². The number of hydrogen-bond donors (Lipinski definition) is 0. The Balaban J connectivity index is 1.87. The first kappa shape index (κ1) is 14.7. The number of carbonyl (C=O) groups is 1. The van der Waals surface area contributed by atoms with Crippen LogP contribution in [0.3, 0.4) is 0 Å². The van der Waals surface area contributed by atoms with Gasteiger partial charge in [-0.2, -0.15) is 17.0 Å². The summed E-state index contributed by atoms with van der Waals surface area (Å²) in [5.74, 6) is 1.60. The number of benzene rings is 1. The predicted molar refractivity (Wildman–Crippen MR) is 79.8 cm³/mol. The number of nitriles is 1. The summed E-state index contributed by atoms with van der Waals surface area (Å²) in [6.45, 7) is 5.89. The van der Waals surface area contributed by atoms with Crippen molar-refractivity contribution in [2.45, 2.75) is 18.6 Å². The van der Waals surface area contributed by atoms with E-state index in [4.69, 9.17) is 10.00 Å². The molecule has 0 unspecified atom stereocenters. The molecule has 1 amide bonds. The third-order valence-electron chi connectivity index (χ3n) is 3.12. The topological polar surface area (TPSA) is 53.3 Å². The average molecular weight is 290 g/mol. The molecule has 1 fully saturated rings. The smallest absolute Gasteiger partial charge is 0.260 e. The van der Waals surface area contributed by atoms with Crippen molar-refractivity contribution in [2.24, 2.45) is 0 Å². The van der Waals surface area contributed by atoms with Crippen molar-refractivity contribution in [2.75, 3.05) is 25.4 Å². The van der Waals surface area contributed by atoms with Crippen LogP contribution in [0.25, 0.3) is 0 Å². The number of hydrogen-bond acceptors (Lipinski definition) is 4. The van der Waals surface area contributed by atoms with Crippen molar-refractivity contribution in [3.05, 3.63) is 29.8 Å². The van der Waals surface area contributed by atoms with Crippen LogP contribution in [-0.2, 0) is 4.79 Å². The van der Waals surface area contributed by atoms with Gasteiger partial charge in [0.15, 0.2) is 6.61 Å². The van der Waals surface area contributed by atoms with Gasteiger partial charge in [-0.1, -0.05) is 0 Å². The fraction of sp³-hybridized carbons (Fsp3) is 0.467. The highest BCUT2D eigenvalue weighted by Gasteiger charge is 2.29. The third kappa shape index (κ3) is 3.91. The number of nitrogens with zero attached hydrogens (tertiary/aromatic N) is 2. The van der Waals surface area contributed by atoms with E-state index in [1.165, 1.54) is 0 Å². The molecule has 1 heterocycles. The molecule has 1 aromatic rings. The van der Waals surface area contributed by atoms with E-state index in [0.29, 0.717) is 11.3 Å². The first-order valence-corrected chi connectivity index (χ1v) is 7.53. The van der Waals surface area contributed by atoms with E-state index in [2.05, 4.69) is 13.8 Å². The van der Waals surface area contributed by atoms with Gasteiger partial charge in [-0.3, -0.25) is 4.79 Å². The molecular weight excluding hydrogens is 272 g/mol. The molecule has 0 radical (unpaired) electrons. The summed E-state index contributed by atoms with van der Waals surface area (Å²) in [4.78, 5) is 14.0. The van der Waals surface area contributed by atoms with Gasteiger partial charge in [0, 0.05) is 23.6 Å². The molecule has 0 aliphatic carbocycles. The minimum Gasteiger partial charge on any atom is -0.484 e. The molecule has 1 aliphatic heterocycles. The predicted octanol–water partition coefficient (Wildman–Crippen LogP) is 2.29. The minimum atomic E-state index is 0.0164. The molecule has 1 aliphatic rings. The Morgan fingerprint density at radius 3 is 2.75 bits per heavy atom. The number of amides is 1. The molecule has 20 heavy (non-hydrogen) atoms. The first-order valence-electron chi connectivity index (χ1n) is 6.55. The molecule has 1 saturated heterocycles. The van der Waals surface area contributed by atoms with Gasteiger partial charge in [0.1, 0.15) is 5.75 Å². The summed E-state index contributed by atoms with van der Waals surface area (Å²) in [5.41, 5.74) is 0.582. The summed E-state index contributed by atoms with van der Waals surface area (Å²) in [6.07, 6.45) is 0. The van der Waals surface area contributed by atoms with Crippen LogP contribution in [0, 0.1) is 11.3 Å². The second-order valence-electron chi connectivity index (χ2n) is 5.35. The lowest BCUT2D eigenvalue weighted by atomic mass is 10.2. The Labute approximate surface area is 123 Å². The largest absolute Gasteiger partial charge is 0.484 e. The summed E-state index contributed by atoms with van der Waals surface area (Å²) < 4.78 is 5.59. The van der Waals surface area contributed by atoms with E-state index >= 15 is 0 Å². The summed E-state index contributed by atoms with van der Waals surface area (Å²) in [5, 5.41) is 8.71. The molecule has 1 aromatic carbocycles. The highest BCUT2D eigenvalue weighted by molar-refractivity contribution is 8.00. The standard InChI is InChI=1S/C15H18N2O2S/c1-15(2)11-17(7-8-20-15)14(18)10-19-13-5-3-12(9-16)4-6-13/h3-6H,7-8,10-11H2,1-2H3. The van der Waals surface area contributed by atoms with Crippen molar-refractivity contribution in [3.8, 4) is 11.8 Å². The maximum Gasteiger partial charge on any atom is 0.260 e. The zero-order chi connectivity index (χ0) is 14.6. The van der Waals surface area contributed by atoms with Crippen LogP contribution in [-0.4, -0.2) is 41.0 Å². The SMILES string of the molecule is CC1(C)CN(C(=O)COc2ccc(C#N)cc2)CCS1. The average Bonchev–Trinajstić information content (AvgIpc) is 2.44. The number of carbonyl (C=O) groups excluding carboxylic acids is 1. The van der Waals surface area contributed by atoms with Gasteiger partial charge in [-0.25, -0.2) is 0 Å². The fourth-order valence-electron chi connectivity index (χ4n) is 2.09. The molecule has 5 heteroatoms. The first-order chi connectivity index (χ1) is 9.50. The van der Waals surface area contributed by atoms with Gasteiger partial charge < -0.3 is 9.64 Å². The fourth-order valence-corrected chi connectivity index (χ4v) is 3.20. The quantitative estimate of drug-likeness (QED) is 0.857. The van der Waals surface area contributed by atoms with Crippen LogP contribution in [0.4, 0.5) is 0 Å². The maximum atomic E-state index is 12.1. The van der Waals surface area contributed by atoms with Crippen LogP contribution >= 0.6 is 11.8 Å². The van der Waals surface area contributed by atoms with Crippen LogP contribution in [0.1, 0.15) is 19.4 Å². The van der Waals surface area contributed by atoms with E-state index in [9.17, 15) is 4.79 Å². The van der Waals surface area contributed by atoms with Crippen LogP contribution in [0.2, 0.25) is 0 Å². The maximum absolute atomic E-state index is 12.1. The van der Waals surface area contributed by atoms with Crippen LogP contribution < -0.4 is 4.74 Å².